The van der Waals surface area contributed by atoms with Gasteiger partial charge in [0.25, 0.3) is 0 Å². The summed E-state index contributed by atoms with van der Waals surface area (Å²) < 4.78 is 7.52. The molecule has 0 bridgehead atoms. The first kappa shape index (κ1) is 16.7. The minimum atomic E-state index is -0.557. The van der Waals surface area contributed by atoms with Crippen molar-refractivity contribution in [1.82, 2.24) is 4.57 Å². The Labute approximate surface area is 155 Å². The summed E-state index contributed by atoms with van der Waals surface area (Å²) in [4.78, 5) is 24.9. The fraction of sp³-hybridized carbons (Fsp3) is 0.200. The molecule has 26 heavy (non-hydrogen) atoms. The second kappa shape index (κ2) is 6.53. The number of thioether (sulfide) groups is 1. The number of carbonyl (C=O) groups is 2. The monoisotopic (exact) mass is 366 g/mol. The van der Waals surface area contributed by atoms with Gasteiger partial charge in [0.1, 0.15) is 11.0 Å². The van der Waals surface area contributed by atoms with E-state index in [1.807, 2.05) is 53.1 Å². The number of hydrogen-bond donors (Lipinski definition) is 1. The molecule has 5 nitrogen and oxygen atoms in total. The van der Waals surface area contributed by atoms with Gasteiger partial charge in [-0.15, -0.1) is 11.8 Å². The summed E-state index contributed by atoms with van der Waals surface area (Å²) in [5, 5.41) is 0.240. The first-order chi connectivity index (χ1) is 12.6. The van der Waals surface area contributed by atoms with Gasteiger partial charge >= 0.3 is 0 Å². The summed E-state index contributed by atoms with van der Waals surface area (Å²) in [5.41, 5.74) is 8.85. The van der Waals surface area contributed by atoms with Gasteiger partial charge < -0.3 is 15.0 Å². The Balaban J connectivity index is 2.04. The quantitative estimate of drug-likeness (QED) is 0.770. The molecule has 132 valence electrons. The van der Waals surface area contributed by atoms with Crippen LogP contribution in [-0.2, 0) is 11.3 Å². The smallest absolute Gasteiger partial charge is 0.235 e. The fourth-order valence-electron chi connectivity index (χ4n) is 3.59. The second-order valence-corrected chi connectivity index (χ2v) is 7.30. The number of nitrogens with zero attached hydrogens (tertiary/aromatic N) is 1. The lowest BCUT2D eigenvalue weighted by Gasteiger charge is -2.21. The molecule has 2 N–H and O–H groups in total. The SMILES string of the molecule is COc1cccc2c1c1c(n2Cc2ccccc2)C(=O)CSC1C(N)=O. The third-order valence-corrected chi connectivity index (χ3v) is 5.89. The Morgan fingerprint density at radius 3 is 2.69 bits per heavy atom. The molecule has 0 saturated heterocycles. The summed E-state index contributed by atoms with van der Waals surface area (Å²) in [5.74, 6) is 0.464. The molecule has 0 saturated carbocycles. The number of fused-ring (bicyclic) bond motifs is 3. The molecular formula is C20H18N2O3S. The van der Waals surface area contributed by atoms with Gasteiger partial charge in [0.05, 0.1) is 24.1 Å². The van der Waals surface area contributed by atoms with Gasteiger partial charge in [-0.3, -0.25) is 9.59 Å². The average Bonchev–Trinajstić information content (AvgIpc) is 2.98. The Kier molecular flexibility index (Phi) is 4.20. The van der Waals surface area contributed by atoms with E-state index in [0.29, 0.717) is 23.6 Å². The maximum absolute atomic E-state index is 12.8. The summed E-state index contributed by atoms with van der Waals surface area (Å²) in [7, 11) is 1.59. The highest BCUT2D eigenvalue weighted by Crippen LogP contribution is 2.45. The van der Waals surface area contributed by atoms with E-state index < -0.39 is 11.2 Å². The maximum atomic E-state index is 12.8. The van der Waals surface area contributed by atoms with Crippen LogP contribution in [-0.4, -0.2) is 29.1 Å². The predicted octanol–water partition coefficient (Wildman–Crippen LogP) is 3.15. The van der Waals surface area contributed by atoms with Crippen LogP contribution >= 0.6 is 11.8 Å². The zero-order valence-corrected chi connectivity index (χ0v) is 15.1. The molecule has 0 fully saturated rings. The van der Waals surface area contributed by atoms with E-state index in [1.165, 1.54) is 11.8 Å². The number of ketones is 1. The van der Waals surface area contributed by atoms with Crippen LogP contribution in [0, 0.1) is 0 Å². The molecule has 1 aliphatic rings. The number of rotatable bonds is 4. The van der Waals surface area contributed by atoms with Crippen molar-refractivity contribution in [2.24, 2.45) is 5.73 Å². The molecule has 1 aromatic heterocycles. The van der Waals surface area contributed by atoms with Gasteiger partial charge in [-0.2, -0.15) is 0 Å². The number of hydrogen-bond acceptors (Lipinski definition) is 4. The Hall–Kier alpha value is -2.73. The zero-order valence-electron chi connectivity index (χ0n) is 14.3. The highest BCUT2D eigenvalue weighted by molar-refractivity contribution is 8.01. The van der Waals surface area contributed by atoms with Crippen LogP contribution in [0.1, 0.15) is 26.9 Å². The lowest BCUT2D eigenvalue weighted by Crippen LogP contribution is -2.27. The van der Waals surface area contributed by atoms with Crippen LogP contribution in [0.5, 0.6) is 5.75 Å². The van der Waals surface area contributed by atoms with E-state index in [1.54, 1.807) is 7.11 Å². The number of methoxy groups -OCH3 is 1. The molecule has 1 atom stereocenters. The van der Waals surface area contributed by atoms with Crippen LogP contribution < -0.4 is 10.5 Å². The van der Waals surface area contributed by atoms with Crippen molar-refractivity contribution in [1.29, 1.82) is 0 Å². The number of primary amides is 1. The minimum Gasteiger partial charge on any atom is -0.496 e. The van der Waals surface area contributed by atoms with Crippen LogP contribution in [0.3, 0.4) is 0 Å². The first-order valence-corrected chi connectivity index (χ1v) is 9.34. The van der Waals surface area contributed by atoms with Crippen molar-refractivity contribution in [2.75, 3.05) is 12.9 Å². The summed E-state index contributed by atoms with van der Waals surface area (Å²) in [6.07, 6.45) is 0. The van der Waals surface area contributed by atoms with Gasteiger partial charge in [0.15, 0.2) is 5.78 Å². The number of Topliss-reactive ketones (excluding diaryl/α,β-unsaturated/α-hetero) is 1. The van der Waals surface area contributed by atoms with E-state index in [-0.39, 0.29) is 11.5 Å². The fourth-order valence-corrected chi connectivity index (χ4v) is 4.61. The summed E-state index contributed by atoms with van der Waals surface area (Å²) >= 11 is 1.28. The van der Waals surface area contributed by atoms with E-state index in [4.69, 9.17) is 10.5 Å². The van der Waals surface area contributed by atoms with Gasteiger partial charge in [-0.25, -0.2) is 0 Å². The van der Waals surface area contributed by atoms with Gasteiger partial charge in [-0.05, 0) is 17.7 Å². The molecule has 1 aliphatic heterocycles. The minimum absolute atomic E-state index is 0.0108. The van der Waals surface area contributed by atoms with E-state index in [2.05, 4.69) is 0 Å². The normalized spacial score (nSPS) is 16.5. The zero-order chi connectivity index (χ0) is 18.3. The van der Waals surface area contributed by atoms with Gasteiger partial charge in [-0.1, -0.05) is 36.4 Å². The van der Waals surface area contributed by atoms with E-state index >= 15 is 0 Å². The van der Waals surface area contributed by atoms with Crippen molar-refractivity contribution in [2.45, 2.75) is 11.8 Å². The number of ether oxygens (including phenoxy) is 1. The highest BCUT2D eigenvalue weighted by atomic mass is 32.2. The lowest BCUT2D eigenvalue weighted by molar-refractivity contribution is -0.117. The van der Waals surface area contributed by atoms with Crippen LogP contribution in [0.25, 0.3) is 10.9 Å². The first-order valence-electron chi connectivity index (χ1n) is 8.29. The molecule has 1 unspecified atom stereocenters. The molecule has 3 aromatic rings. The van der Waals surface area contributed by atoms with Crippen molar-refractivity contribution in [3.05, 3.63) is 65.4 Å². The molecule has 0 spiro atoms. The Bertz CT molecular complexity index is 1010. The van der Waals surface area contributed by atoms with Crippen molar-refractivity contribution in [3.8, 4) is 5.75 Å². The van der Waals surface area contributed by atoms with Gasteiger partial charge in [0.2, 0.25) is 5.91 Å². The largest absolute Gasteiger partial charge is 0.496 e. The molecule has 0 aliphatic carbocycles. The lowest BCUT2D eigenvalue weighted by atomic mass is 10.0. The van der Waals surface area contributed by atoms with Crippen molar-refractivity contribution in [3.63, 3.8) is 0 Å². The number of nitrogens with two attached hydrogens (primary N) is 1. The highest BCUT2D eigenvalue weighted by Gasteiger charge is 2.36. The molecule has 6 heteroatoms. The van der Waals surface area contributed by atoms with Gasteiger partial charge in [0, 0.05) is 17.5 Å². The van der Waals surface area contributed by atoms with Crippen LogP contribution in [0.15, 0.2) is 48.5 Å². The molecule has 4 rings (SSSR count). The number of benzene rings is 2. The Morgan fingerprint density at radius 1 is 1.23 bits per heavy atom. The summed E-state index contributed by atoms with van der Waals surface area (Å²) in [6, 6.07) is 15.6. The summed E-state index contributed by atoms with van der Waals surface area (Å²) in [6.45, 7) is 0.543. The van der Waals surface area contributed by atoms with Crippen LogP contribution in [0.2, 0.25) is 0 Å². The molecule has 2 aromatic carbocycles. The number of carbonyl (C=O) groups excluding carboxylic acids is 2. The Morgan fingerprint density at radius 2 is 2.00 bits per heavy atom. The predicted molar refractivity (Wildman–Crippen MR) is 103 cm³/mol. The number of aromatic nitrogens is 1. The maximum Gasteiger partial charge on any atom is 0.235 e. The standard InChI is InChI=1S/C20H18N2O3S/c1-25-15-9-5-8-13-16(15)17-18(14(23)11-26-19(17)20(21)24)22(13)10-12-6-3-2-4-7-12/h2-9,19H,10-11H2,1H3,(H2,21,24). The van der Waals surface area contributed by atoms with Crippen LogP contribution in [0.4, 0.5) is 0 Å². The van der Waals surface area contributed by atoms with E-state index in [0.717, 1.165) is 16.5 Å². The van der Waals surface area contributed by atoms with E-state index in [9.17, 15) is 9.59 Å². The van der Waals surface area contributed by atoms with Crippen molar-refractivity contribution >= 4 is 34.4 Å². The third-order valence-electron chi connectivity index (χ3n) is 4.66. The number of amides is 1. The second-order valence-electron chi connectivity index (χ2n) is 6.21. The average molecular weight is 366 g/mol. The molecule has 2 heterocycles. The molecular weight excluding hydrogens is 348 g/mol. The topological polar surface area (TPSA) is 74.3 Å². The molecule has 0 radical (unpaired) electrons. The van der Waals surface area contributed by atoms with Crippen molar-refractivity contribution < 1.29 is 14.3 Å². The molecule has 1 amide bonds. The third kappa shape index (κ3) is 2.57.